The van der Waals surface area contributed by atoms with Crippen LogP contribution in [0.25, 0.3) is 0 Å². The quantitative estimate of drug-likeness (QED) is 0.783. The van der Waals surface area contributed by atoms with Crippen LogP contribution in [0.15, 0.2) is 30.2 Å². The summed E-state index contributed by atoms with van der Waals surface area (Å²) in [5.41, 5.74) is -1.91. The number of aliphatic hydroxyl groups is 1. The molecule has 1 saturated heterocycles. The highest BCUT2D eigenvalue weighted by Crippen LogP contribution is 2.33. The molecule has 0 aromatic heterocycles. The van der Waals surface area contributed by atoms with Crippen LogP contribution in [0, 0.1) is 0 Å². The summed E-state index contributed by atoms with van der Waals surface area (Å²) >= 11 is 0. The average Bonchev–Trinajstić information content (AvgIpc) is 2.68. The van der Waals surface area contributed by atoms with Gasteiger partial charge in [0, 0.05) is 5.69 Å². The number of piperidine rings is 1. The molecular weight excluding hydrogens is 284 g/mol. The van der Waals surface area contributed by atoms with Crippen molar-refractivity contribution in [3.05, 3.63) is 30.2 Å². The lowest BCUT2D eigenvalue weighted by atomic mass is 9.85. The van der Waals surface area contributed by atoms with E-state index in [1.807, 2.05) is 0 Å². The van der Waals surface area contributed by atoms with Gasteiger partial charge in [0.25, 0.3) is 0 Å². The summed E-state index contributed by atoms with van der Waals surface area (Å²) in [7, 11) is 1.17. The molecule has 1 aliphatic rings. The van der Waals surface area contributed by atoms with Gasteiger partial charge in [-0.15, -0.1) is 0 Å². The number of amides is 1. The Kier molecular flexibility index (Phi) is 3.60. The van der Waals surface area contributed by atoms with Gasteiger partial charge in [0.05, 0.1) is 27.0 Å². The number of nitrogens with one attached hydrogen (secondary N) is 1. The topological polar surface area (TPSA) is 78.9 Å². The highest BCUT2D eigenvalue weighted by atomic mass is 16.5. The smallest absolute Gasteiger partial charge is 0.332 e. The van der Waals surface area contributed by atoms with Gasteiger partial charge < -0.3 is 15.2 Å². The van der Waals surface area contributed by atoms with Crippen molar-refractivity contribution in [3.8, 4) is 0 Å². The SMILES string of the molecule is [2H]c1c([2H])c([2H])c(N(C(=O)CCO)C2(C(=O)OC)CCNCC2)c([2H])c1[2H]. The van der Waals surface area contributed by atoms with Gasteiger partial charge in [-0.2, -0.15) is 0 Å². The molecule has 22 heavy (non-hydrogen) atoms. The standard InChI is InChI=1S/C16H22N2O4/c1-22-15(21)16(8-10-17-11-9-16)18(14(20)7-12-19)13-5-3-2-4-6-13/h2-6,17,19H,7-12H2,1H3/i2D,3D,4D,5D,6D. The van der Waals surface area contributed by atoms with Crippen LogP contribution in [0.5, 0.6) is 0 Å². The third kappa shape index (κ3) is 3.13. The fourth-order valence-corrected chi connectivity index (χ4v) is 2.69. The Bertz CT molecular complexity index is 724. The number of carbonyl (C=O) groups is 2. The van der Waals surface area contributed by atoms with Crippen LogP contribution in [0.1, 0.15) is 26.1 Å². The summed E-state index contributed by atoms with van der Waals surface area (Å²) in [6.07, 6.45) is -0.0909. The molecule has 1 aromatic carbocycles. The predicted molar refractivity (Wildman–Crippen MR) is 82.5 cm³/mol. The second-order valence-corrected chi connectivity index (χ2v) is 4.95. The van der Waals surface area contributed by atoms with Crippen molar-refractivity contribution in [1.29, 1.82) is 0 Å². The number of hydrogen-bond acceptors (Lipinski definition) is 5. The maximum absolute atomic E-state index is 12.9. The van der Waals surface area contributed by atoms with E-state index in [0.717, 1.165) is 4.90 Å². The molecule has 0 saturated carbocycles. The monoisotopic (exact) mass is 311 g/mol. The van der Waals surface area contributed by atoms with E-state index in [-0.39, 0.29) is 24.9 Å². The maximum atomic E-state index is 12.9. The highest BCUT2D eigenvalue weighted by Gasteiger charge is 2.48. The first-order chi connectivity index (χ1) is 12.7. The zero-order valence-corrected chi connectivity index (χ0v) is 12.4. The summed E-state index contributed by atoms with van der Waals surface area (Å²) < 4.78 is 44.8. The molecule has 0 unspecified atom stereocenters. The molecule has 0 radical (unpaired) electrons. The molecule has 0 spiro atoms. The largest absolute Gasteiger partial charge is 0.467 e. The lowest BCUT2D eigenvalue weighted by Crippen LogP contribution is -2.62. The first-order valence-electron chi connectivity index (χ1n) is 9.53. The molecule has 2 rings (SSSR count). The Hall–Kier alpha value is -1.92. The molecule has 0 bridgehead atoms. The molecule has 1 fully saturated rings. The number of esters is 1. The predicted octanol–water partition coefficient (Wildman–Crippen LogP) is 0.697. The summed E-state index contributed by atoms with van der Waals surface area (Å²) in [6, 6.07) is -2.99. The normalized spacial score (nSPS) is 20.0. The zero-order chi connectivity index (χ0) is 20.4. The maximum Gasteiger partial charge on any atom is 0.332 e. The van der Waals surface area contributed by atoms with Gasteiger partial charge in [-0.1, -0.05) is 18.1 Å². The molecule has 0 aliphatic carbocycles. The van der Waals surface area contributed by atoms with Crippen LogP contribution in [0.2, 0.25) is 0 Å². The fourth-order valence-electron chi connectivity index (χ4n) is 2.69. The highest BCUT2D eigenvalue weighted by molar-refractivity contribution is 6.02. The number of anilines is 1. The number of ether oxygens (including phenoxy) is 1. The van der Waals surface area contributed by atoms with E-state index in [9.17, 15) is 14.7 Å². The summed E-state index contributed by atoms with van der Waals surface area (Å²) in [4.78, 5) is 26.5. The van der Waals surface area contributed by atoms with E-state index in [0.29, 0.717) is 13.1 Å². The summed E-state index contributed by atoms with van der Waals surface area (Å²) in [6.45, 7) is 0.233. The molecule has 0 atom stereocenters. The Balaban J connectivity index is 2.80. The number of nitrogens with zero attached hydrogens (tertiary/aromatic N) is 1. The van der Waals surface area contributed by atoms with Gasteiger partial charge in [0.2, 0.25) is 5.91 Å². The van der Waals surface area contributed by atoms with Gasteiger partial charge >= 0.3 is 5.97 Å². The number of benzene rings is 1. The van der Waals surface area contributed by atoms with E-state index in [4.69, 9.17) is 11.6 Å². The van der Waals surface area contributed by atoms with Crippen molar-refractivity contribution in [3.63, 3.8) is 0 Å². The van der Waals surface area contributed by atoms with Gasteiger partial charge in [-0.05, 0) is 38.0 Å². The molecule has 1 heterocycles. The Morgan fingerprint density at radius 3 is 2.55 bits per heavy atom. The number of rotatable bonds is 5. The second-order valence-electron chi connectivity index (χ2n) is 4.95. The molecule has 1 aromatic rings. The van der Waals surface area contributed by atoms with E-state index < -0.39 is 54.2 Å². The first kappa shape index (κ1) is 10.7. The van der Waals surface area contributed by atoms with Crippen molar-refractivity contribution in [2.45, 2.75) is 24.8 Å². The number of hydrogen-bond donors (Lipinski definition) is 2. The number of aliphatic hydroxyl groups excluding tert-OH is 1. The average molecular weight is 311 g/mol. The minimum Gasteiger partial charge on any atom is -0.467 e. The minimum atomic E-state index is -1.53. The van der Waals surface area contributed by atoms with Crippen LogP contribution in [0.3, 0.4) is 0 Å². The lowest BCUT2D eigenvalue weighted by molar-refractivity contribution is -0.150. The van der Waals surface area contributed by atoms with Crippen molar-refractivity contribution < 1.29 is 26.3 Å². The van der Waals surface area contributed by atoms with Gasteiger partial charge in [0.1, 0.15) is 5.54 Å². The van der Waals surface area contributed by atoms with Crippen molar-refractivity contribution in [1.82, 2.24) is 5.32 Å². The van der Waals surface area contributed by atoms with Crippen molar-refractivity contribution >= 4 is 17.6 Å². The molecular formula is C16H22N2O4. The summed E-state index contributed by atoms with van der Waals surface area (Å²) in [5, 5.41) is 12.3. The van der Waals surface area contributed by atoms with Crippen molar-refractivity contribution in [2.24, 2.45) is 0 Å². The Morgan fingerprint density at radius 2 is 2.00 bits per heavy atom. The lowest BCUT2D eigenvalue weighted by Gasteiger charge is -2.44. The molecule has 6 nitrogen and oxygen atoms in total. The van der Waals surface area contributed by atoms with Gasteiger partial charge in [-0.3, -0.25) is 9.69 Å². The molecule has 1 amide bonds. The van der Waals surface area contributed by atoms with E-state index in [1.165, 1.54) is 7.11 Å². The van der Waals surface area contributed by atoms with Crippen LogP contribution in [-0.2, 0) is 14.3 Å². The fraction of sp³-hybridized carbons (Fsp3) is 0.500. The van der Waals surface area contributed by atoms with Gasteiger partial charge in [0.15, 0.2) is 0 Å². The molecule has 1 aliphatic heterocycles. The third-order valence-corrected chi connectivity index (χ3v) is 3.71. The Labute approximate surface area is 137 Å². The molecule has 2 N–H and O–H groups in total. The first-order valence-corrected chi connectivity index (χ1v) is 7.03. The van der Waals surface area contributed by atoms with Crippen LogP contribution >= 0.6 is 0 Å². The van der Waals surface area contributed by atoms with E-state index >= 15 is 0 Å². The summed E-state index contributed by atoms with van der Waals surface area (Å²) in [5.74, 6) is -1.45. The number of carbonyl (C=O) groups excluding carboxylic acids is 2. The molecule has 6 heteroatoms. The van der Waals surface area contributed by atoms with E-state index in [1.54, 1.807) is 0 Å². The van der Waals surface area contributed by atoms with E-state index in [2.05, 4.69) is 5.32 Å². The number of para-hydroxylation sites is 1. The van der Waals surface area contributed by atoms with Crippen LogP contribution in [0.4, 0.5) is 5.69 Å². The molecule has 120 valence electrons. The minimum absolute atomic E-state index is 0.138. The second kappa shape index (κ2) is 7.38. The Morgan fingerprint density at radius 1 is 1.36 bits per heavy atom. The van der Waals surface area contributed by atoms with Crippen LogP contribution in [-0.4, -0.2) is 49.3 Å². The zero-order valence-electron chi connectivity index (χ0n) is 17.4. The van der Waals surface area contributed by atoms with Gasteiger partial charge in [-0.25, -0.2) is 4.79 Å². The third-order valence-electron chi connectivity index (χ3n) is 3.71. The number of methoxy groups -OCH3 is 1. The van der Waals surface area contributed by atoms with Crippen molar-refractivity contribution in [2.75, 3.05) is 31.7 Å². The van der Waals surface area contributed by atoms with Crippen LogP contribution < -0.4 is 10.2 Å².